The maximum absolute atomic E-state index is 12.0. The number of non-ortho nitro benzene ring substituents is 1. The molecule has 140 valence electrons. The van der Waals surface area contributed by atoms with Gasteiger partial charge in [0.15, 0.2) is 0 Å². The second kappa shape index (κ2) is 8.46. The summed E-state index contributed by atoms with van der Waals surface area (Å²) in [7, 11) is 0. The zero-order valence-corrected chi connectivity index (χ0v) is 15.6. The summed E-state index contributed by atoms with van der Waals surface area (Å²) in [6.07, 6.45) is 0. The van der Waals surface area contributed by atoms with Gasteiger partial charge in [0.2, 0.25) is 0 Å². The smallest absolute Gasteiger partial charge is 0.338 e. The fourth-order valence-electron chi connectivity index (χ4n) is 2.66. The molecule has 0 aliphatic rings. The molecule has 7 nitrogen and oxygen atoms in total. The monoisotopic (exact) mass is 387 g/mol. The predicted molar refractivity (Wildman–Crippen MR) is 106 cm³/mol. The SMILES string of the molecule is CCOC(=O)c1ccc2nc(C)cc(Nc3cccc([N+](=O)[O-])c3)c2c1.Cl. The molecule has 0 fully saturated rings. The van der Waals surface area contributed by atoms with Crippen molar-refractivity contribution in [3.63, 3.8) is 0 Å². The molecule has 0 amide bonds. The number of aromatic nitrogens is 1. The van der Waals surface area contributed by atoms with Gasteiger partial charge in [-0.1, -0.05) is 6.07 Å². The van der Waals surface area contributed by atoms with Gasteiger partial charge in [-0.25, -0.2) is 4.79 Å². The van der Waals surface area contributed by atoms with Gasteiger partial charge in [-0.05, 0) is 44.2 Å². The van der Waals surface area contributed by atoms with Crippen molar-refractivity contribution in [3.05, 3.63) is 69.9 Å². The van der Waals surface area contributed by atoms with Crippen LogP contribution in [-0.2, 0) is 4.74 Å². The average molecular weight is 388 g/mol. The highest BCUT2D eigenvalue weighted by molar-refractivity contribution is 5.99. The number of esters is 1. The fraction of sp³-hybridized carbons (Fsp3) is 0.158. The van der Waals surface area contributed by atoms with Gasteiger partial charge in [0, 0.05) is 34.6 Å². The first-order chi connectivity index (χ1) is 12.5. The number of anilines is 2. The van der Waals surface area contributed by atoms with Crippen LogP contribution in [0.3, 0.4) is 0 Å². The molecule has 0 unspecified atom stereocenters. The Balaban J connectivity index is 0.00000261. The predicted octanol–water partition coefficient (Wildman–Crippen LogP) is 4.79. The lowest BCUT2D eigenvalue weighted by Gasteiger charge is -2.12. The van der Waals surface area contributed by atoms with Crippen LogP contribution in [0.5, 0.6) is 0 Å². The Morgan fingerprint density at radius 2 is 2.00 bits per heavy atom. The largest absolute Gasteiger partial charge is 0.462 e. The van der Waals surface area contributed by atoms with Crippen molar-refractivity contribution in [1.82, 2.24) is 4.98 Å². The van der Waals surface area contributed by atoms with Crippen molar-refractivity contribution in [1.29, 1.82) is 0 Å². The van der Waals surface area contributed by atoms with E-state index in [2.05, 4.69) is 10.3 Å². The molecular weight excluding hydrogens is 370 g/mol. The molecular formula is C19H18ClN3O4. The van der Waals surface area contributed by atoms with E-state index in [4.69, 9.17) is 4.74 Å². The number of halogens is 1. The number of nitro groups is 1. The number of nitro benzene ring substituents is 1. The molecule has 1 heterocycles. The number of pyridine rings is 1. The summed E-state index contributed by atoms with van der Waals surface area (Å²) in [5.74, 6) is -0.406. The summed E-state index contributed by atoms with van der Waals surface area (Å²) in [4.78, 5) is 27.0. The maximum atomic E-state index is 12.0. The Morgan fingerprint density at radius 1 is 1.22 bits per heavy atom. The minimum Gasteiger partial charge on any atom is -0.462 e. The summed E-state index contributed by atoms with van der Waals surface area (Å²) in [5, 5.41) is 14.9. The number of nitrogens with zero attached hydrogens (tertiary/aromatic N) is 2. The number of carbonyl (C=O) groups excluding carboxylic acids is 1. The molecule has 0 bridgehead atoms. The lowest BCUT2D eigenvalue weighted by molar-refractivity contribution is -0.384. The molecule has 0 spiro atoms. The van der Waals surface area contributed by atoms with Gasteiger partial charge < -0.3 is 10.1 Å². The number of fused-ring (bicyclic) bond motifs is 1. The minimum atomic E-state index is -0.444. The van der Waals surface area contributed by atoms with E-state index in [1.54, 1.807) is 37.3 Å². The van der Waals surface area contributed by atoms with Crippen LogP contribution in [0.2, 0.25) is 0 Å². The summed E-state index contributed by atoms with van der Waals surface area (Å²) in [6, 6.07) is 13.2. The van der Waals surface area contributed by atoms with E-state index < -0.39 is 10.9 Å². The Hall–Kier alpha value is -3.19. The molecule has 2 aromatic carbocycles. The topological polar surface area (TPSA) is 94.4 Å². The molecule has 0 aliphatic carbocycles. The van der Waals surface area contributed by atoms with Crippen molar-refractivity contribution in [2.24, 2.45) is 0 Å². The molecule has 27 heavy (non-hydrogen) atoms. The molecule has 3 rings (SSSR count). The summed E-state index contributed by atoms with van der Waals surface area (Å²) >= 11 is 0. The van der Waals surface area contributed by atoms with Gasteiger partial charge >= 0.3 is 5.97 Å². The molecule has 0 saturated heterocycles. The number of hydrogen-bond donors (Lipinski definition) is 1. The van der Waals surface area contributed by atoms with Crippen LogP contribution in [-0.4, -0.2) is 22.5 Å². The maximum Gasteiger partial charge on any atom is 0.338 e. The van der Waals surface area contributed by atoms with E-state index in [-0.39, 0.29) is 18.1 Å². The molecule has 1 aromatic heterocycles. The average Bonchev–Trinajstić information content (AvgIpc) is 2.61. The first kappa shape index (κ1) is 20.1. The lowest BCUT2D eigenvalue weighted by atomic mass is 10.1. The van der Waals surface area contributed by atoms with E-state index in [0.29, 0.717) is 29.1 Å². The fourth-order valence-corrected chi connectivity index (χ4v) is 2.66. The normalized spacial score (nSPS) is 10.1. The van der Waals surface area contributed by atoms with Gasteiger partial charge in [0.25, 0.3) is 5.69 Å². The van der Waals surface area contributed by atoms with Crippen LogP contribution < -0.4 is 5.32 Å². The van der Waals surface area contributed by atoms with Crippen molar-refractivity contribution in [2.45, 2.75) is 13.8 Å². The van der Waals surface area contributed by atoms with E-state index in [9.17, 15) is 14.9 Å². The van der Waals surface area contributed by atoms with Gasteiger partial charge in [-0.2, -0.15) is 0 Å². The molecule has 1 N–H and O–H groups in total. The van der Waals surface area contributed by atoms with Crippen molar-refractivity contribution in [3.8, 4) is 0 Å². The highest BCUT2D eigenvalue weighted by Crippen LogP contribution is 2.29. The third kappa shape index (κ3) is 4.51. The summed E-state index contributed by atoms with van der Waals surface area (Å²) < 4.78 is 5.05. The third-order valence-electron chi connectivity index (χ3n) is 3.78. The molecule has 0 radical (unpaired) electrons. The number of carbonyl (C=O) groups is 1. The van der Waals surface area contributed by atoms with E-state index in [1.165, 1.54) is 12.1 Å². The number of rotatable bonds is 5. The first-order valence-electron chi connectivity index (χ1n) is 8.08. The van der Waals surface area contributed by atoms with Gasteiger partial charge in [0.1, 0.15) is 0 Å². The Kier molecular flexibility index (Phi) is 6.31. The molecule has 3 aromatic rings. The van der Waals surface area contributed by atoms with Crippen LogP contribution in [0, 0.1) is 17.0 Å². The lowest BCUT2D eigenvalue weighted by Crippen LogP contribution is -2.05. The van der Waals surface area contributed by atoms with Crippen molar-refractivity contribution in [2.75, 3.05) is 11.9 Å². The van der Waals surface area contributed by atoms with E-state index in [0.717, 1.165) is 11.1 Å². The van der Waals surface area contributed by atoms with Crippen LogP contribution >= 0.6 is 12.4 Å². The Labute approximate surface area is 161 Å². The minimum absolute atomic E-state index is 0. The number of ether oxygens (including phenoxy) is 1. The third-order valence-corrected chi connectivity index (χ3v) is 3.78. The highest BCUT2D eigenvalue weighted by atomic mass is 35.5. The number of aryl methyl sites for hydroxylation is 1. The molecule has 8 heteroatoms. The first-order valence-corrected chi connectivity index (χ1v) is 8.08. The summed E-state index contributed by atoms with van der Waals surface area (Å²) in [5.41, 5.74) is 3.21. The Bertz CT molecular complexity index is 1010. The van der Waals surface area contributed by atoms with Gasteiger partial charge in [0.05, 0.1) is 22.6 Å². The Morgan fingerprint density at radius 3 is 2.70 bits per heavy atom. The number of benzene rings is 2. The van der Waals surface area contributed by atoms with Gasteiger partial charge in [-0.3, -0.25) is 15.1 Å². The number of nitrogens with one attached hydrogen (secondary N) is 1. The van der Waals surface area contributed by atoms with Gasteiger partial charge in [-0.15, -0.1) is 12.4 Å². The van der Waals surface area contributed by atoms with Crippen LogP contribution in [0.15, 0.2) is 48.5 Å². The van der Waals surface area contributed by atoms with Crippen LogP contribution in [0.4, 0.5) is 17.1 Å². The zero-order valence-electron chi connectivity index (χ0n) is 14.8. The van der Waals surface area contributed by atoms with Crippen LogP contribution in [0.1, 0.15) is 23.0 Å². The zero-order chi connectivity index (χ0) is 18.7. The highest BCUT2D eigenvalue weighted by Gasteiger charge is 2.12. The van der Waals surface area contributed by atoms with Crippen molar-refractivity contribution >= 4 is 46.3 Å². The molecule has 0 atom stereocenters. The second-order valence-corrected chi connectivity index (χ2v) is 5.70. The van der Waals surface area contributed by atoms with Crippen molar-refractivity contribution < 1.29 is 14.5 Å². The standard InChI is InChI=1S/C19H17N3O4.ClH/c1-3-26-19(23)13-7-8-17-16(10-13)18(9-12(2)20-17)21-14-5-4-6-15(11-14)22(24)25;/h4-11H,3H2,1-2H3,(H,20,21);1H. The second-order valence-electron chi connectivity index (χ2n) is 5.70. The number of hydrogen-bond acceptors (Lipinski definition) is 6. The summed E-state index contributed by atoms with van der Waals surface area (Å²) in [6.45, 7) is 3.90. The molecule has 0 aliphatic heterocycles. The van der Waals surface area contributed by atoms with E-state index in [1.807, 2.05) is 13.0 Å². The quantitative estimate of drug-likeness (QED) is 0.384. The van der Waals surface area contributed by atoms with Crippen LogP contribution in [0.25, 0.3) is 10.9 Å². The molecule has 0 saturated carbocycles. The van der Waals surface area contributed by atoms with E-state index >= 15 is 0 Å².